The first-order valence-electron chi connectivity index (χ1n) is 7.18. The first kappa shape index (κ1) is 13.5. The monoisotopic (exact) mass is 251 g/mol. The van der Waals surface area contributed by atoms with Gasteiger partial charge in [-0.3, -0.25) is 0 Å². The van der Waals surface area contributed by atoms with Gasteiger partial charge in [0.25, 0.3) is 0 Å². The molecule has 3 atom stereocenters. The number of hydrogen-bond donors (Lipinski definition) is 1. The van der Waals surface area contributed by atoms with Crippen molar-refractivity contribution in [3.05, 3.63) is 12.2 Å². The molecule has 1 aromatic rings. The normalized spacial score (nSPS) is 28.8. The minimum absolute atomic E-state index is 0.162. The second-order valence-corrected chi connectivity index (χ2v) is 5.83. The molecule has 4 nitrogen and oxygen atoms in total. The Morgan fingerprint density at radius 3 is 2.89 bits per heavy atom. The summed E-state index contributed by atoms with van der Waals surface area (Å²) in [6.45, 7) is 6.48. The lowest BCUT2D eigenvalue weighted by molar-refractivity contribution is 0.0458. The van der Waals surface area contributed by atoms with Crippen LogP contribution in [0.2, 0.25) is 0 Å². The van der Waals surface area contributed by atoms with E-state index in [1.807, 2.05) is 4.68 Å². The summed E-state index contributed by atoms with van der Waals surface area (Å²) in [5.41, 5.74) is 0. The van der Waals surface area contributed by atoms with Crippen molar-refractivity contribution in [2.24, 2.45) is 11.8 Å². The standard InChI is InChI=1S/C14H25N3O/c1-4-11-5-6-13(18)12(7-11)8-14-15-9-16-17(14)10(2)3/h9-13,18H,4-8H2,1-3H3. The lowest BCUT2D eigenvalue weighted by Gasteiger charge is -2.32. The van der Waals surface area contributed by atoms with E-state index in [0.717, 1.165) is 31.0 Å². The number of aliphatic hydroxyl groups is 1. The molecule has 4 heteroatoms. The second-order valence-electron chi connectivity index (χ2n) is 5.83. The van der Waals surface area contributed by atoms with Crippen LogP contribution in [-0.4, -0.2) is 26.0 Å². The van der Waals surface area contributed by atoms with Gasteiger partial charge in [0.2, 0.25) is 0 Å². The Labute approximate surface area is 109 Å². The fourth-order valence-corrected chi connectivity index (χ4v) is 3.02. The molecule has 1 heterocycles. The molecule has 0 amide bonds. The fraction of sp³-hybridized carbons (Fsp3) is 0.857. The van der Waals surface area contributed by atoms with Crippen LogP contribution in [0.1, 0.15) is 58.3 Å². The third kappa shape index (κ3) is 2.91. The first-order chi connectivity index (χ1) is 8.61. The predicted molar refractivity (Wildman–Crippen MR) is 71.2 cm³/mol. The molecule has 1 aromatic heterocycles. The van der Waals surface area contributed by atoms with Crippen LogP contribution in [-0.2, 0) is 6.42 Å². The fourth-order valence-electron chi connectivity index (χ4n) is 3.02. The van der Waals surface area contributed by atoms with Crippen LogP contribution >= 0.6 is 0 Å². The maximum atomic E-state index is 10.2. The molecule has 2 rings (SSSR count). The average molecular weight is 251 g/mol. The van der Waals surface area contributed by atoms with E-state index in [9.17, 15) is 5.11 Å². The van der Waals surface area contributed by atoms with Crippen LogP contribution < -0.4 is 0 Å². The highest BCUT2D eigenvalue weighted by molar-refractivity contribution is 4.93. The molecule has 0 aromatic carbocycles. The highest BCUT2D eigenvalue weighted by Crippen LogP contribution is 2.33. The molecular formula is C14H25N3O. The van der Waals surface area contributed by atoms with Gasteiger partial charge in [0.15, 0.2) is 0 Å². The molecule has 1 N–H and O–H groups in total. The maximum absolute atomic E-state index is 10.2. The molecule has 3 unspecified atom stereocenters. The van der Waals surface area contributed by atoms with E-state index in [2.05, 4.69) is 30.9 Å². The average Bonchev–Trinajstić information content (AvgIpc) is 2.80. The number of nitrogens with zero attached hydrogens (tertiary/aromatic N) is 3. The highest BCUT2D eigenvalue weighted by atomic mass is 16.3. The molecule has 1 aliphatic carbocycles. The summed E-state index contributed by atoms with van der Waals surface area (Å²) in [6, 6.07) is 0.338. The summed E-state index contributed by atoms with van der Waals surface area (Å²) in [6.07, 6.45) is 6.79. The zero-order valence-electron chi connectivity index (χ0n) is 11.7. The van der Waals surface area contributed by atoms with Crippen molar-refractivity contribution in [3.8, 4) is 0 Å². The second kappa shape index (κ2) is 5.83. The van der Waals surface area contributed by atoms with Gasteiger partial charge in [-0.25, -0.2) is 9.67 Å². The van der Waals surface area contributed by atoms with Gasteiger partial charge in [-0.1, -0.05) is 13.3 Å². The Morgan fingerprint density at radius 1 is 1.44 bits per heavy atom. The molecular weight excluding hydrogens is 226 g/mol. The lowest BCUT2D eigenvalue weighted by Crippen LogP contribution is -2.31. The summed E-state index contributed by atoms with van der Waals surface area (Å²) in [7, 11) is 0. The molecule has 18 heavy (non-hydrogen) atoms. The summed E-state index contributed by atoms with van der Waals surface area (Å²) in [4.78, 5) is 4.36. The van der Waals surface area contributed by atoms with E-state index in [-0.39, 0.29) is 6.10 Å². The topological polar surface area (TPSA) is 50.9 Å². The molecule has 0 saturated heterocycles. The van der Waals surface area contributed by atoms with Gasteiger partial charge in [0.05, 0.1) is 6.10 Å². The highest BCUT2D eigenvalue weighted by Gasteiger charge is 2.29. The van der Waals surface area contributed by atoms with Crippen molar-refractivity contribution >= 4 is 0 Å². The van der Waals surface area contributed by atoms with E-state index in [4.69, 9.17) is 0 Å². The van der Waals surface area contributed by atoms with Crippen LogP contribution in [0.15, 0.2) is 6.33 Å². The van der Waals surface area contributed by atoms with E-state index < -0.39 is 0 Å². The third-order valence-corrected chi connectivity index (χ3v) is 4.21. The Hall–Kier alpha value is -0.900. The van der Waals surface area contributed by atoms with E-state index in [0.29, 0.717) is 12.0 Å². The van der Waals surface area contributed by atoms with Crippen molar-refractivity contribution in [1.29, 1.82) is 0 Å². The maximum Gasteiger partial charge on any atom is 0.138 e. The minimum atomic E-state index is -0.162. The summed E-state index contributed by atoms with van der Waals surface area (Å²) in [5, 5.41) is 14.4. The number of hydrogen-bond acceptors (Lipinski definition) is 3. The van der Waals surface area contributed by atoms with Crippen LogP contribution in [0, 0.1) is 11.8 Å². The Morgan fingerprint density at radius 2 is 2.22 bits per heavy atom. The van der Waals surface area contributed by atoms with Gasteiger partial charge < -0.3 is 5.11 Å². The Kier molecular flexibility index (Phi) is 4.38. The van der Waals surface area contributed by atoms with Crippen molar-refractivity contribution in [3.63, 3.8) is 0 Å². The molecule has 0 bridgehead atoms. The molecule has 1 saturated carbocycles. The van der Waals surface area contributed by atoms with Gasteiger partial charge in [0, 0.05) is 12.5 Å². The van der Waals surface area contributed by atoms with E-state index in [1.165, 1.54) is 12.8 Å². The van der Waals surface area contributed by atoms with Gasteiger partial charge in [-0.15, -0.1) is 0 Å². The molecule has 0 aliphatic heterocycles. The molecule has 1 aliphatic rings. The summed E-state index contributed by atoms with van der Waals surface area (Å²) >= 11 is 0. The lowest BCUT2D eigenvalue weighted by atomic mass is 9.77. The minimum Gasteiger partial charge on any atom is -0.393 e. The van der Waals surface area contributed by atoms with Gasteiger partial charge in [-0.2, -0.15) is 5.10 Å². The zero-order chi connectivity index (χ0) is 13.1. The molecule has 102 valence electrons. The Balaban J connectivity index is 2.05. The summed E-state index contributed by atoms with van der Waals surface area (Å²) < 4.78 is 1.97. The largest absolute Gasteiger partial charge is 0.393 e. The van der Waals surface area contributed by atoms with E-state index >= 15 is 0 Å². The predicted octanol–water partition coefficient (Wildman–Crippen LogP) is 2.59. The van der Waals surface area contributed by atoms with Crippen LogP contribution in [0.5, 0.6) is 0 Å². The number of aromatic nitrogens is 3. The Bertz CT molecular complexity index is 375. The van der Waals surface area contributed by atoms with E-state index in [1.54, 1.807) is 6.33 Å². The van der Waals surface area contributed by atoms with Crippen LogP contribution in [0.3, 0.4) is 0 Å². The van der Waals surface area contributed by atoms with Crippen molar-refractivity contribution in [1.82, 2.24) is 14.8 Å². The summed E-state index contributed by atoms with van der Waals surface area (Å²) in [5.74, 6) is 2.14. The first-order valence-corrected chi connectivity index (χ1v) is 7.18. The number of aliphatic hydroxyl groups excluding tert-OH is 1. The number of rotatable bonds is 4. The van der Waals surface area contributed by atoms with Crippen molar-refractivity contribution < 1.29 is 5.11 Å². The van der Waals surface area contributed by atoms with Gasteiger partial charge in [0.1, 0.15) is 12.2 Å². The van der Waals surface area contributed by atoms with Gasteiger partial charge in [-0.05, 0) is 44.9 Å². The molecule has 1 fully saturated rings. The van der Waals surface area contributed by atoms with Crippen molar-refractivity contribution in [2.75, 3.05) is 0 Å². The van der Waals surface area contributed by atoms with Crippen LogP contribution in [0.25, 0.3) is 0 Å². The SMILES string of the molecule is CCC1CCC(O)C(Cc2ncnn2C(C)C)C1. The quantitative estimate of drug-likeness (QED) is 0.895. The zero-order valence-corrected chi connectivity index (χ0v) is 11.7. The third-order valence-electron chi connectivity index (χ3n) is 4.21. The molecule has 0 radical (unpaired) electrons. The smallest absolute Gasteiger partial charge is 0.138 e. The molecule has 0 spiro atoms. The van der Waals surface area contributed by atoms with Crippen LogP contribution in [0.4, 0.5) is 0 Å². The van der Waals surface area contributed by atoms with Crippen molar-refractivity contribution in [2.45, 2.75) is 65.0 Å². The van der Waals surface area contributed by atoms with Gasteiger partial charge >= 0.3 is 0 Å².